The van der Waals surface area contributed by atoms with Crippen LogP contribution in [-0.2, 0) is 9.59 Å². The predicted molar refractivity (Wildman–Crippen MR) is 122 cm³/mol. The molecule has 2 aliphatic heterocycles. The summed E-state index contributed by atoms with van der Waals surface area (Å²) in [4.78, 5) is 30.4. The van der Waals surface area contributed by atoms with Gasteiger partial charge in [0.25, 0.3) is 11.8 Å². The summed E-state index contributed by atoms with van der Waals surface area (Å²) in [6.07, 6.45) is 2.36. The van der Waals surface area contributed by atoms with E-state index in [1.54, 1.807) is 0 Å². The van der Waals surface area contributed by atoms with Crippen molar-refractivity contribution in [3.05, 3.63) is 65.1 Å². The maximum atomic E-state index is 13.3. The van der Waals surface area contributed by atoms with Gasteiger partial charge in [-0.2, -0.15) is 0 Å². The fourth-order valence-electron chi connectivity index (χ4n) is 3.96. The molecule has 1 saturated heterocycles. The summed E-state index contributed by atoms with van der Waals surface area (Å²) in [5, 5.41) is 9.23. The average molecular weight is 423 g/mol. The van der Waals surface area contributed by atoms with Gasteiger partial charge in [-0.25, -0.2) is 4.90 Å². The van der Waals surface area contributed by atoms with Crippen molar-refractivity contribution in [3.8, 4) is 0 Å². The zero-order chi connectivity index (χ0) is 21.1. The van der Waals surface area contributed by atoms with E-state index in [0.717, 1.165) is 30.3 Å². The highest BCUT2D eigenvalue weighted by Gasteiger charge is 2.40. The Kier molecular flexibility index (Phi) is 6.25. The first kappa shape index (κ1) is 20.7. The molecule has 0 unspecified atom stereocenters. The van der Waals surface area contributed by atoms with Crippen LogP contribution in [0.15, 0.2) is 59.5 Å². The summed E-state index contributed by atoms with van der Waals surface area (Å²) in [6, 6.07) is 16.9. The van der Waals surface area contributed by atoms with Gasteiger partial charge in [-0.1, -0.05) is 37.3 Å². The number of anilines is 2. The molecule has 1 N–H and O–H groups in total. The van der Waals surface area contributed by atoms with Gasteiger partial charge in [0.1, 0.15) is 0 Å². The van der Waals surface area contributed by atoms with Gasteiger partial charge < -0.3 is 10.0 Å². The molecule has 0 aliphatic carbocycles. The third-order valence-corrected chi connectivity index (χ3v) is 6.75. The molecule has 2 aliphatic rings. The van der Waals surface area contributed by atoms with Crippen molar-refractivity contribution in [3.63, 3.8) is 0 Å². The summed E-state index contributed by atoms with van der Waals surface area (Å²) in [5.41, 5.74) is 2.83. The fraction of sp³-hybridized carbons (Fsp3) is 0.333. The Morgan fingerprint density at radius 2 is 1.57 bits per heavy atom. The van der Waals surface area contributed by atoms with Crippen LogP contribution >= 0.6 is 11.8 Å². The number of benzene rings is 2. The number of aliphatic hydroxyl groups is 1. The number of imide groups is 1. The molecule has 156 valence electrons. The quantitative estimate of drug-likeness (QED) is 0.715. The normalized spacial score (nSPS) is 17.9. The third kappa shape index (κ3) is 4.02. The van der Waals surface area contributed by atoms with E-state index in [0.29, 0.717) is 21.9 Å². The molecule has 0 radical (unpaired) electrons. The monoisotopic (exact) mass is 422 g/mol. The van der Waals surface area contributed by atoms with E-state index in [1.807, 2.05) is 54.6 Å². The molecule has 5 nitrogen and oxygen atoms in total. The van der Waals surface area contributed by atoms with Crippen molar-refractivity contribution in [2.45, 2.75) is 19.8 Å². The summed E-state index contributed by atoms with van der Waals surface area (Å²) in [6.45, 7) is 4.29. The van der Waals surface area contributed by atoms with Crippen LogP contribution in [0.3, 0.4) is 0 Å². The van der Waals surface area contributed by atoms with Gasteiger partial charge in [-0.3, -0.25) is 9.59 Å². The SMILES string of the molecule is CC1CCN(c2ccc(N3C(=O)C(SCCO)=C(c4ccccc4)C3=O)cc2)CC1. The molecule has 0 saturated carbocycles. The number of hydrogen-bond donors (Lipinski definition) is 1. The van der Waals surface area contributed by atoms with Gasteiger partial charge in [-0.05, 0) is 48.6 Å². The Bertz CT molecular complexity index is 948. The first-order valence-electron chi connectivity index (χ1n) is 10.4. The van der Waals surface area contributed by atoms with Gasteiger partial charge >= 0.3 is 0 Å². The number of aliphatic hydroxyl groups excluding tert-OH is 1. The third-order valence-electron chi connectivity index (χ3n) is 5.70. The number of rotatable bonds is 6. The second-order valence-electron chi connectivity index (χ2n) is 7.77. The minimum atomic E-state index is -0.322. The molecule has 4 rings (SSSR count). The van der Waals surface area contributed by atoms with Gasteiger partial charge in [0.2, 0.25) is 0 Å². The lowest BCUT2D eigenvalue weighted by atomic mass is 9.99. The lowest BCUT2D eigenvalue weighted by Gasteiger charge is -2.32. The average Bonchev–Trinajstić information content (AvgIpc) is 3.03. The highest BCUT2D eigenvalue weighted by Crippen LogP contribution is 2.38. The molecule has 0 atom stereocenters. The Hall–Kier alpha value is -2.57. The van der Waals surface area contributed by atoms with Crippen molar-refractivity contribution >= 4 is 40.5 Å². The summed E-state index contributed by atoms with van der Waals surface area (Å²) in [7, 11) is 0. The van der Waals surface area contributed by atoms with Gasteiger partial charge in [0, 0.05) is 24.5 Å². The number of hydrogen-bond acceptors (Lipinski definition) is 5. The standard InChI is InChI=1S/C24H26N2O3S/c1-17-11-13-25(14-12-17)19-7-9-20(10-8-19)26-23(28)21(18-5-3-2-4-6-18)22(24(26)29)30-16-15-27/h2-10,17,27H,11-16H2,1H3. The maximum Gasteiger partial charge on any atom is 0.272 e. The van der Waals surface area contributed by atoms with Gasteiger partial charge in [0.05, 0.1) is 22.8 Å². The van der Waals surface area contributed by atoms with Crippen LogP contribution in [0.25, 0.3) is 5.57 Å². The van der Waals surface area contributed by atoms with E-state index in [2.05, 4.69) is 11.8 Å². The number of thioether (sulfide) groups is 1. The molecule has 0 aromatic heterocycles. The molecule has 2 aromatic carbocycles. The van der Waals surface area contributed by atoms with E-state index in [1.165, 1.54) is 29.5 Å². The van der Waals surface area contributed by atoms with Crippen molar-refractivity contribution < 1.29 is 14.7 Å². The number of amides is 2. The van der Waals surface area contributed by atoms with Crippen LogP contribution in [0, 0.1) is 5.92 Å². The Balaban J connectivity index is 1.61. The minimum Gasteiger partial charge on any atom is -0.396 e. The van der Waals surface area contributed by atoms with Crippen LogP contribution in [0.4, 0.5) is 11.4 Å². The van der Waals surface area contributed by atoms with E-state index >= 15 is 0 Å². The van der Waals surface area contributed by atoms with E-state index < -0.39 is 0 Å². The molecule has 30 heavy (non-hydrogen) atoms. The summed E-state index contributed by atoms with van der Waals surface area (Å²) < 4.78 is 0. The number of carbonyl (C=O) groups is 2. The summed E-state index contributed by atoms with van der Waals surface area (Å²) in [5.74, 6) is 0.492. The molecule has 0 bridgehead atoms. The lowest BCUT2D eigenvalue weighted by Crippen LogP contribution is -2.33. The largest absolute Gasteiger partial charge is 0.396 e. The van der Waals surface area contributed by atoms with Gasteiger partial charge in [-0.15, -0.1) is 11.8 Å². The van der Waals surface area contributed by atoms with Crippen molar-refractivity contribution in [1.82, 2.24) is 0 Å². The van der Waals surface area contributed by atoms with E-state index in [-0.39, 0.29) is 18.4 Å². The van der Waals surface area contributed by atoms with Crippen molar-refractivity contribution in [2.75, 3.05) is 35.2 Å². The van der Waals surface area contributed by atoms with Crippen LogP contribution < -0.4 is 9.80 Å². The molecule has 0 spiro atoms. The smallest absolute Gasteiger partial charge is 0.272 e. The first-order valence-corrected chi connectivity index (χ1v) is 11.4. The predicted octanol–water partition coefficient (Wildman–Crippen LogP) is 3.93. The number of piperidine rings is 1. The Morgan fingerprint density at radius 1 is 0.933 bits per heavy atom. The zero-order valence-electron chi connectivity index (χ0n) is 17.1. The molecule has 2 heterocycles. The highest BCUT2D eigenvalue weighted by atomic mass is 32.2. The number of carbonyl (C=O) groups excluding carboxylic acids is 2. The Labute approximate surface area is 181 Å². The fourth-order valence-corrected chi connectivity index (χ4v) is 4.82. The number of nitrogens with zero attached hydrogens (tertiary/aromatic N) is 2. The van der Waals surface area contributed by atoms with Crippen molar-refractivity contribution in [1.29, 1.82) is 0 Å². The second-order valence-corrected chi connectivity index (χ2v) is 8.88. The molecule has 6 heteroatoms. The van der Waals surface area contributed by atoms with Crippen LogP contribution in [0.5, 0.6) is 0 Å². The van der Waals surface area contributed by atoms with Crippen LogP contribution in [-0.4, -0.2) is 42.4 Å². The van der Waals surface area contributed by atoms with E-state index in [9.17, 15) is 14.7 Å². The van der Waals surface area contributed by atoms with Crippen LogP contribution in [0.1, 0.15) is 25.3 Å². The maximum absolute atomic E-state index is 13.3. The molecular formula is C24H26N2O3S. The second kappa shape index (κ2) is 9.06. The molecular weight excluding hydrogens is 396 g/mol. The van der Waals surface area contributed by atoms with E-state index in [4.69, 9.17) is 0 Å². The lowest BCUT2D eigenvalue weighted by molar-refractivity contribution is -0.119. The molecule has 2 aromatic rings. The van der Waals surface area contributed by atoms with Crippen molar-refractivity contribution in [2.24, 2.45) is 5.92 Å². The van der Waals surface area contributed by atoms with Crippen LogP contribution in [0.2, 0.25) is 0 Å². The zero-order valence-corrected chi connectivity index (χ0v) is 17.9. The Morgan fingerprint density at radius 3 is 2.20 bits per heavy atom. The molecule has 1 fully saturated rings. The highest BCUT2D eigenvalue weighted by molar-refractivity contribution is 8.04. The molecule has 2 amide bonds. The minimum absolute atomic E-state index is 0.0547. The summed E-state index contributed by atoms with van der Waals surface area (Å²) >= 11 is 1.23. The topological polar surface area (TPSA) is 60.9 Å². The first-order chi connectivity index (χ1) is 14.6. The van der Waals surface area contributed by atoms with Gasteiger partial charge in [0.15, 0.2) is 0 Å².